The molecule has 1 aliphatic rings. The van der Waals surface area contributed by atoms with Crippen LogP contribution < -0.4 is 0 Å². The Bertz CT molecular complexity index is 565. The number of nitrogens with zero attached hydrogens (tertiary/aromatic N) is 1. The molecule has 2 rings (SSSR count). The van der Waals surface area contributed by atoms with Crippen LogP contribution in [0.5, 0.6) is 0 Å². The first-order chi connectivity index (χ1) is 9.93. The highest BCUT2D eigenvalue weighted by molar-refractivity contribution is 9.10. The van der Waals surface area contributed by atoms with Crippen LogP contribution in [0.4, 0.5) is 0 Å². The van der Waals surface area contributed by atoms with Gasteiger partial charge in [-0.15, -0.1) is 0 Å². The number of sulfonamides is 1. The first kappa shape index (κ1) is 17.0. The zero-order valence-electron chi connectivity index (χ0n) is 12.8. The van der Waals surface area contributed by atoms with E-state index >= 15 is 0 Å². The molecule has 0 heterocycles. The Morgan fingerprint density at radius 2 is 1.86 bits per heavy atom. The lowest BCUT2D eigenvalue weighted by atomic mass is 10.1. The molecule has 0 unspecified atom stereocenters. The largest absolute Gasteiger partial charge is 0.244 e. The van der Waals surface area contributed by atoms with E-state index in [2.05, 4.69) is 29.8 Å². The van der Waals surface area contributed by atoms with E-state index in [9.17, 15) is 8.42 Å². The average molecular weight is 374 g/mol. The van der Waals surface area contributed by atoms with Gasteiger partial charge in [0.2, 0.25) is 10.0 Å². The second-order valence-corrected chi connectivity index (χ2v) is 8.88. The summed E-state index contributed by atoms with van der Waals surface area (Å²) in [5.74, 6) is 0.503. The molecule has 0 spiro atoms. The molecule has 0 aromatic heterocycles. The van der Waals surface area contributed by atoms with E-state index in [-0.39, 0.29) is 6.04 Å². The van der Waals surface area contributed by atoms with Crippen LogP contribution in [0, 0.1) is 5.92 Å². The molecule has 5 heteroatoms. The van der Waals surface area contributed by atoms with E-state index < -0.39 is 10.0 Å². The molecular formula is C16H24BrNO2S. The first-order valence-electron chi connectivity index (χ1n) is 7.69. The first-order valence-corrected chi connectivity index (χ1v) is 9.92. The van der Waals surface area contributed by atoms with E-state index in [0.29, 0.717) is 21.8 Å². The molecule has 0 N–H and O–H groups in total. The van der Waals surface area contributed by atoms with Gasteiger partial charge in [0.05, 0.1) is 4.90 Å². The summed E-state index contributed by atoms with van der Waals surface area (Å²) in [6, 6.07) is 7.28. The lowest BCUT2D eigenvalue weighted by Gasteiger charge is -2.29. The van der Waals surface area contributed by atoms with Gasteiger partial charge < -0.3 is 0 Å². The summed E-state index contributed by atoms with van der Waals surface area (Å²) in [7, 11) is -3.42. The molecule has 1 aromatic rings. The Balaban J connectivity index is 2.32. The van der Waals surface area contributed by atoms with Crippen LogP contribution in [-0.2, 0) is 10.0 Å². The van der Waals surface area contributed by atoms with E-state index in [0.717, 1.165) is 32.1 Å². The zero-order valence-corrected chi connectivity index (χ0v) is 15.2. The number of benzene rings is 1. The van der Waals surface area contributed by atoms with Crippen molar-refractivity contribution in [1.29, 1.82) is 0 Å². The molecule has 3 nitrogen and oxygen atoms in total. The summed E-state index contributed by atoms with van der Waals surface area (Å²) in [4.78, 5) is 0.389. The van der Waals surface area contributed by atoms with Crippen LogP contribution >= 0.6 is 15.9 Å². The number of halogens is 1. The Kier molecular flexibility index (Phi) is 5.86. The van der Waals surface area contributed by atoms with Gasteiger partial charge in [-0.25, -0.2) is 8.42 Å². The van der Waals surface area contributed by atoms with Crippen molar-refractivity contribution in [2.24, 2.45) is 5.92 Å². The Morgan fingerprint density at radius 3 is 2.43 bits per heavy atom. The standard InChI is InChI=1S/C16H24BrNO2S/c1-13(2)11-12-18(14-7-3-4-8-14)21(19,20)16-10-6-5-9-15(16)17/h5-6,9-10,13-14H,3-4,7-8,11-12H2,1-2H3. The van der Waals surface area contributed by atoms with Crippen LogP contribution in [0.2, 0.25) is 0 Å². The van der Waals surface area contributed by atoms with Crippen molar-refractivity contribution in [2.75, 3.05) is 6.54 Å². The summed E-state index contributed by atoms with van der Waals surface area (Å²) in [5.41, 5.74) is 0. The number of hydrogen-bond donors (Lipinski definition) is 0. The fourth-order valence-corrected chi connectivity index (χ4v) is 5.52. The number of hydrogen-bond acceptors (Lipinski definition) is 2. The van der Waals surface area contributed by atoms with E-state index in [1.807, 2.05) is 6.07 Å². The van der Waals surface area contributed by atoms with Crippen molar-refractivity contribution < 1.29 is 8.42 Å². The highest BCUT2D eigenvalue weighted by atomic mass is 79.9. The third-order valence-electron chi connectivity index (χ3n) is 4.08. The smallest absolute Gasteiger partial charge is 0.207 e. The average Bonchev–Trinajstić information content (AvgIpc) is 2.92. The molecule has 118 valence electrons. The predicted molar refractivity (Wildman–Crippen MR) is 89.7 cm³/mol. The van der Waals surface area contributed by atoms with Crippen molar-refractivity contribution in [2.45, 2.75) is 56.9 Å². The summed E-state index contributed by atoms with van der Waals surface area (Å²) >= 11 is 3.38. The predicted octanol–water partition coefficient (Wildman–Crippen LogP) is 4.43. The monoisotopic (exact) mass is 373 g/mol. The normalized spacial score (nSPS) is 17.0. The minimum Gasteiger partial charge on any atom is -0.207 e. The van der Waals surface area contributed by atoms with Crippen molar-refractivity contribution in [3.8, 4) is 0 Å². The van der Waals surface area contributed by atoms with Gasteiger partial charge >= 0.3 is 0 Å². The van der Waals surface area contributed by atoms with Gasteiger partial charge in [-0.3, -0.25) is 0 Å². The molecule has 1 saturated carbocycles. The molecule has 1 aliphatic carbocycles. The highest BCUT2D eigenvalue weighted by Gasteiger charge is 2.33. The quantitative estimate of drug-likeness (QED) is 0.739. The van der Waals surface area contributed by atoms with Crippen LogP contribution in [0.1, 0.15) is 46.0 Å². The van der Waals surface area contributed by atoms with Crippen molar-refractivity contribution in [3.63, 3.8) is 0 Å². The van der Waals surface area contributed by atoms with Gasteiger partial charge in [0.15, 0.2) is 0 Å². The summed E-state index contributed by atoms with van der Waals surface area (Å²) in [6.07, 6.45) is 5.15. The van der Waals surface area contributed by atoms with Crippen LogP contribution in [0.3, 0.4) is 0 Å². The molecule has 0 bridgehead atoms. The van der Waals surface area contributed by atoms with Gasteiger partial charge in [0, 0.05) is 17.1 Å². The fraction of sp³-hybridized carbons (Fsp3) is 0.625. The van der Waals surface area contributed by atoms with Gasteiger partial charge in [-0.05, 0) is 53.2 Å². The molecule has 1 fully saturated rings. The van der Waals surface area contributed by atoms with E-state index in [4.69, 9.17) is 0 Å². The van der Waals surface area contributed by atoms with Crippen LogP contribution in [0.25, 0.3) is 0 Å². The van der Waals surface area contributed by atoms with Crippen molar-refractivity contribution in [3.05, 3.63) is 28.7 Å². The molecule has 0 atom stereocenters. The maximum atomic E-state index is 13.0. The lowest BCUT2D eigenvalue weighted by molar-refractivity contribution is 0.304. The second-order valence-electron chi connectivity index (χ2n) is 6.17. The Morgan fingerprint density at radius 1 is 1.24 bits per heavy atom. The second kappa shape index (κ2) is 7.25. The molecule has 0 aliphatic heterocycles. The number of rotatable bonds is 6. The maximum Gasteiger partial charge on any atom is 0.244 e. The Hall–Kier alpha value is -0.390. The zero-order chi connectivity index (χ0) is 15.5. The van der Waals surface area contributed by atoms with Crippen LogP contribution in [0.15, 0.2) is 33.6 Å². The summed E-state index contributed by atoms with van der Waals surface area (Å²) in [6.45, 7) is 4.89. The fourth-order valence-electron chi connectivity index (χ4n) is 2.86. The van der Waals surface area contributed by atoms with Gasteiger partial charge in [0.25, 0.3) is 0 Å². The van der Waals surface area contributed by atoms with Gasteiger partial charge in [-0.2, -0.15) is 4.31 Å². The molecule has 21 heavy (non-hydrogen) atoms. The maximum absolute atomic E-state index is 13.0. The highest BCUT2D eigenvalue weighted by Crippen LogP contribution is 2.32. The molecular weight excluding hydrogens is 350 g/mol. The molecule has 1 aromatic carbocycles. The van der Waals surface area contributed by atoms with E-state index in [1.165, 1.54) is 0 Å². The minimum atomic E-state index is -3.42. The summed E-state index contributed by atoms with van der Waals surface area (Å²) in [5, 5.41) is 0. The Labute approximate surface area is 136 Å². The third kappa shape index (κ3) is 4.08. The van der Waals surface area contributed by atoms with Crippen LogP contribution in [-0.4, -0.2) is 25.3 Å². The van der Waals surface area contributed by atoms with Gasteiger partial charge in [-0.1, -0.05) is 38.8 Å². The SMILES string of the molecule is CC(C)CCN(C1CCCC1)S(=O)(=O)c1ccccc1Br. The lowest BCUT2D eigenvalue weighted by Crippen LogP contribution is -2.40. The van der Waals surface area contributed by atoms with Gasteiger partial charge in [0.1, 0.15) is 0 Å². The third-order valence-corrected chi connectivity index (χ3v) is 7.05. The van der Waals surface area contributed by atoms with Crippen molar-refractivity contribution in [1.82, 2.24) is 4.31 Å². The molecule has 0 amide bonds. The minimum absolute atomic E-state index is 0.167. The topological polar surface area (TPSA) is 37.4 Å². The van der Waals surface area contributed by atoms with E-state index in [1.54, 1.807) is 22.5 Å². The molecule has 0 radical (unpaired) electrons. The summed E-state index contributed by atoms with van der Waals surface area (Å²) < 4.78 is 28.5. The molecule has 0 saturated heterocycles. The van der Waals surface area contributed by atoms with Crippen molar-refractivity contribution >= 4 is 26.0 Å².